The molecule has 1 aliphatic carbocycles. The van der Waals surface area contributed by atoms with Crippen LogP contribution in [-0.2, 0) is 29.9 Å². The molecule has 2 N–H and O–H groups in total. The second kappa shape index (κ2) is 9.28. The summed E-state index contributed by atoms with van der Waals surface area (Å²) in [6, 6.07) is 7.51. The van der Waals surface area contributed by atoms with Gasteiger partial charge in [-0.1, -0.05) is 30.3 Å². The van der Waals surface area contributed by atoms with Gasteiger partial charge in [-0.15, -0.1) is 11.3 Å². The first-order valence-electron chi connectivity index (χ1n) is 12.0. The van der Waals surface area contributed by atoms with Gasteiger partial charge in [0, 0.05) is 11.5 Å². The van der Waals surface area contributed by atoms with Crippen LogP contribution >= 0.6 is 23.1 Å². The molecule has 1 aliphatic heterocycles. The van der Waals surface area contributed by atoms with Gasteiger partial charge in [0.25, 0.3) is 5.56 Å². The van der Waals surface area contributed by atoms with Crippen LogP contribution in [-0.4, -0.2) is 32.2 Å². The summed E-state index contributed by atoms with van der Waals surface area (Å²) in [7, 11) is 0. The second-order valence-electron chi connectivity index (χ2n) is 9.02. The Balaban J connectivity index is 1.33. The smallest absolute Gasteiger partial charge is 0.262 e. The topological polar surface area (TPSA) is 95.9 Å². The fourth-order valence-corrected chi connectivity index (χ4v) is 7.16. The van der Waals surface area contributed by atoms with Crippen molar-refractivity contribution >= 4 is 50.0 Å². The lowest BCUT2D eigenvalue weighted by Crippen LogP contribution is -2.28. The summed E-state index contributed by atoms with van der Waals surface area (Å²) in [4.78, 5) is 30.1. The fourth-order valence-electron chi connectivity index (χ4n) is 5.01. The van der Waals surface area contributed by atoms with Crippen LogP contribution in [0, 0.1) is 0 Å². The molecule has 1 unspecified atom stereocenters. The summed E-state index contributed by atoms with van der Waals surface area (Å²) in [5.74, 6) is 1.75. The highest BCUT2D eigenvalue weighted by molar-refractivity contribution is 7.98. The largest absolute Gasteiger partial charge is 0.383 e. The molecular formula is C25H27N5O2S2. The number of ether oxygens (including phenoxy) is 1. The maximum atomic E-state index is 13.3. The predicted molar refractivity (Wildman–Crippen MR) is 138 cm³/mol. The zero-order chi connectivity index (χ0) is 23.1. The van der Waals surface area contributed by atoms with Gasteiger partial charge in [-0.2, -0.15) is 0 Å². The van der Waals surface area contributed by atoms with Crippen molar-refractivity contribution in [1.82, 2.24) is 19.5 Å². The van der Waals surface area contributed by atoms with E-state index in [0.29, 0.717) is 40.0 Å². The van der Waals surface area contributed by atoms with Gasteiger partial charge in [-0.25, -0.2) is 15.0 Å². The van der Waals surface area contributed by atoms with E-state index in [2.05, 4.69) is 4.98 Å². The molecule has 1 fully saturated rings. The summed E-state index contributed by atoms with van der Waals surface area (Å²) in [6.07, 6.45) is 7.90. The number of fused-ring (bicyclic) bond motifs is 4. The average molecular weight is 494 g/mol. The molecular weight excluding hydrogens is 466 g/mol. The number of benzene rings is 1. The number of hydrogen-bond acceptors (Lipinski definition) is 8. The van der Waals surface area contributed by atoms with Gasteiger partial charge < -0.3 is 10.5 Å². The number of thiophene rings is 1. The van der Waals surface area contributed by atoms with Gasteiger partial charge in [0.05, 0.1) is 34.7 Å². The number of hydrogen-bond donors (Lipinski definition) is 1. The zero-order valence-electron chi connectivity index (χ0n) is 19.0. The zero-order valence-corrected chi connectivity index (χ0v) is 20.6. The summed E-state index contributed by atoms with van der Waals surface area (Å²) in [5.41, 5.74) is 8.48. The third-order valence-corrected chi connectivity index (χ3v) is 8.86. The Hall–Kier alpha value is -2.49. The monoisotopic (exact) mass is 493 g/mol. The van der Waals surface area contributed by atoms with E-state index in [4.69, 9.17) is 20.4 Å². The maximum Gasteiger partial charge on any atom is 0.262 e. The maximum absolute atomic E-state index is 13.3. The molecule has 1 atom stereocenters. The third kappa shape index (κ3) is 4.10. The Morgan fingerprint density at radius 1 is 1.12 bits per heavy atom. The van der Waals surface area contributed by atoms with Gasteiger partial charge in [-0.05, 0) is 56.2 Å². The number of rotatable bonds is 5. The minimum Gasteiger partial charge on any atom is -0.383 e. The minimum absolute atomic E-state index is 0.0264. The molecule has 4 heterocycles. The van der Waals surface area contributed by atoms with E-state index in [1.807, 2.05) is 24.3 Å². The lowest BCUT2D eigenvalue weighted by Gasteiger charge is -2.16. The van der Waals surface area contributed by atoms with Crippen LogP contribution in [0.1, 0.15) is 48.4 Å². The van der Waals surface area contributed by atoms with E-state index >= 15 is 0 Å². The molecule has 6 rings (SSSR count). The molecule has 0 saturated carbocycles. The third-order valence-electron chi connectivity index (χ3n) is 6.71. The normalized spacial score (nSPS) is 18.4. The Morgan fingerprint density at radius 2 is 2.00 bits per heavy atom. The van der Waals surface area contributed by atoms with Gasteiger partial charge in [-0.3, -0.25) is 9.36 Å². The number of thioether (sulfide) groups is 1. The number of nitrogen functional groups attached to an aromatic ring is 1. The van der Waals surface area contributed by atoms with Gasteiger partial charge in [0.1, 0.15) is 16.5 Å². The fraction of sp³-hybridized carbons (Fsp3) is 0.440. The molecule has 3 aromatic heterocycles. The number of nitrogens with zero attached hydrogens (tertiary/aromatic N) is 4. The Labute approximate surface area is 205 Å². The number of aromatic nitrogens is 4. The molecule has 4 aromatic rings. The lowest BCUT2D eigenvalue weighted by atomic mass is 10.1. The molecule has 2 aliphatic rings. The summed E-state index contributed by atoms with van der Waals surface area (Å²) in [5, 5.41) is 2.35. The molecule has 34 heavy (non-hydrogen) atoms. The number of aryl methyl sites for hydroxylation is 2. The highest BCUT2D eigenvalue weighted by atomic mass is 32.2. The van der Waals surface area contributed by atoms with Crippen molar-refractivity contribution in [1.29, 1.82) is 0 Å². The summed E-state index contributed by atoms with van der Waals surface area (Å²) < 4.78 is 7.58. The molecule has 0 radical (unpaired) electrons. The van der Waals surface area contributed by atoms with Crippen molar-refractivity contribution in [3.05, 3.63) is 50.9 Å². The van der Waals surface area contributed by atoms with Crippen LogP contribution in [0.15, 0.2) is 34.2 Å². The molecule has 1 saturated heterocycles. The van der Waals surface area contributed by atoms with E-state index in [9.17, 15) is 4.79 Å². The van der Waals surface area contributed by atoms with Crippen molar-refractivity contribution < 1.29 is 4.74 Å². The van der Waals surface area contributed by atoms with Crippen molar-refractivity contribution in [2.75, 3.05) is 12.3 Å². The van der Waals surface area contributed by atoms with Crippen molar-refractivity contribution in [2.24, 2.45) is 0 Å². The Bertz CT molecular complexity index is 1420. The quantitative estimate of drug-likeness (QED) is 0.244. The van der Waals surface area contributed by atoms with Crippen molar-refractivity contribution in [3.63, 3.8) is 0 Å². The lowest BCUT2D eigenvalue weighted by molar-refractivity contribution is 0.0937. The number of anilines is 1. The number of para-hydroxylation sites is 1. The van der Waals surface area contributed by atoms with Gasteiger partial charge in [0.15, 0.2) is 5.16 Å². The first-order valence-corrected chi connectivity index (χ1v) is 13.8. The van der Waals surface area contributed by atoms with Crippen LogP contribution < -0.4 is 11.3 Å². The molecule has 1 aromatic carbocycles. The van der Waals surface area contributed by atoms with Crippen LogP contribution in [0.2, 0.25) is 0 Å². The van der Waals surface area contributed by atoms with E-state index in [1.165, 1.54) is 41.5 Å². The Kier molecular flexibility index (Phi) is 6.01. The first kappa shape index (κ1) is 22.0. The SMILES string of the molecule is Nc1nc(CSc2nc3ccccc3c(=O)n2CC2CCCO2)nc2sc3c(c12)CCCCC3. The minimum atomic E-state index is -0.0264. The van der Waals surface area contributed by atoms with E-state index in [-0.39, 0.29) is 11.7 Å². The highest BCUT2D eigenvalue weighted by Crippen LogP contribution is 2.37. The van der Waals surface area contributed by atoms with E-state index in [0.717, 1.165) is 42.5 Å². The molecule has 7 nitrogen and oxygen atoms in total. The van der Waals surface area contributed by atoms with Crippen molar-refractivity contribution in [3.8, 4) is 0 Å². The van der Waals surface area contributed by atoms with Crippen LogP contribution in [0.25, 0.3) is 21.1 Å². The molecule has 0 bridgehead atoms. The van der Waals surface area contributed by atoms with E-state index in [1.54, 1.807) is 15.9 Å². The first-order chi connectivity index (χ1) is 16.7. The summed E-state index contributed by atoms with van der Waals surface area (Å²) in [6.45, 7) is 1.26. The van der Waals surface area contributed by atoms with Crippen molar-refractivity contribution in [2.45, 2.75) is 68.5 Å². The Morgan fingerprint density at radius 3 is 2.88 bits per heavy atom. The molecule has 9 heteroatoms. The molecule has 0 spiro atoms. The van der Waals surface area contributed by atoms with Crippen LogP contribution in [0.3, 0.4) is 0 Å². The molecule has 176 valence electrons. The molecule has 0 amide bonds. The standard InChI is InChI=1S/C25H27N5O2S2/c26-22-21-17-9-2-1-3-11-19(17)34-23(21)29-20(28-22)14-33-25-27-18-10-5-4-8-16(18)24(31)30(25)13-15-7-6-12-32-15/h4-5,8,10,15H,1-3,6-7,9,11-14H2,(H2,26,28,29). The highest BCUT2D eigenvalue weighted by Gasteiger charge is 2.22. The predicted octanol–water partition coefficient (Wildman–Crippen LogP) is 4.72. The van der Waals surface area contributed by atoms with Gasteiger partial charge in [0.2, 0.25) is 0 Å². The summed E-state index contributed by atoms with van der Waals surface area (Å²) >= 11 is 3.25. The number of nitrogens with two attached hydrogens (primary N) is 1. The van der Waals surface area contributed by atoms with E-state index < -0.39 is 0 Å². The van der Waals surface area contributed by atoms with Crippen LogP contribution in [0.5, 0.6) is 0 Å². The van der Waals surface area contributed by atoms with Gasteiger partial charge >= 0.3 is 0 Å². The average Bonchev–Trinajstić information content (AvgIpc) is 3.42. The second-order valence-corrected chi connectivity index (χ2v) is 11.0. The van der Waals surface area contributed by atoms with Crippen LogP contribution in [0.4, 0.5) is 5.82 Å².